The fourth-order valence-corrected chi connectivity index (χ4v) is 1.57. The molecule has 1 aromatic carbocycles. The monoisotopic (exact) mass is 294 g/mol. The minimum atomic E-state index is -0.466. The third kappa shape index (κ3) is 8.07. The average molecular weight is 294 g/mol. The summed E-state index contributed by atoms with van der Waals surface area (Å²) in [5.74, 6) is 0.870. The van der Waals surface area contributed by atoms with Gasteiger partial charge in [0, 0.05) is 18.8 Å². The number of ether oxygens (including phenoxy) is 2. The molecule has 5 heteroatoms. The number of nitrogens with one attached hydrogen (secondary N) is 2. The number of rotatable bonds is 7. The van der Waals surface area contributed by atoms with Gasteiger partial charge in [-0.1, -0.05) is 6.92 Å². The second-order valence-corrected chi connectivity index (χ2v) is 5.73. The number of hydrogen-bond donors (Lipinski definition) is 2. The summed E-state index contributed by atoms with van der Waals surface area (Å²) in [5, 5.41) is 5.92. The molecular formula is C16H26N2O3. The van der Waals surface area contributed by atoms with Crippen molar-refractivity contribution >= 4 is 11.8 Å². The predicted octanol–water partition coefficient (Wildman–Crippen LogP) is 3.41. The van der Waals surface area contributed by atoms with Gasteiger partial charge in [0.05, 0.1) is 6.61 Å². The molecule has 0 unspecified atom stereocenters. The number of benzene rings is 1. The van der Waals surface area contributed by atoms with Gasteiger partial charge in [-0.25, -0.2) is 4.79 Å². The van der Waals surface area contributed by atoms with Gasteiger partial charge < -0.3 is 20.1 Å². The lowest BCUT2D eigenvalue weighted by atomic mass is 10.2. The number of amides is 1. The molecule has 21 heavy (non-hydrogen) atoms. The Labute approximate surface area is 127 Å². The molecule has 0 atom stereocenters. The third-order valence-corrected chi connectivity index (χ3v) is 2.45. The molecule has 0 bridgehead atoms. The van der Waals surface area contributed by atoms with Crippen molar-refractivity contribution < 1.29 is 14.3 Å². The molecule has 0 aliphatic heterocycles. The Morgan fingerprint density at radius 3 is 2.38 bits per heavy atom. The zero-order valence-electron chi connectivity index (χ0n) is 13.4. The molecule has 5 nitrogen and oxygen atoms in total. The van der Waals surface area contributed by atoms with Gasteiger partial charge in [0.25, 0.3) is 0 Å². The summed E-state index contributed by atoms with van der Waals surface area (Å²) in [6.07, 6.45) is 0.601. The molecule has 0 fully saturated rings. The lowest BCUT2D eigenvalue weighted by Crippen LogP contribution is -2.34. The van der Waals surface area contributed by atoms with E-state index in [1.807, 2.05) is 45.0 Å². The molecule has 0 heterocycles. The Balaban J connectivity index is 2.22. The molecule has 118 valence electrons. The Kier molecular flexibility index (Phi) is 6.85. The largest absolute Gasteiger partial charge is 0.494 e. The summed E-state index contributed by atoms with van der Waals surface area (Å²) in [6, 6.07) is 7.77. The normalized spacial score (nSPS) is 10.9. The van der Waals surface area contributed by atoms with E-state index in [0.717, 1.165) is 24.5 Å². The van der Waals surface area contributed by atoms with Crippen LogP contribution in [0.5, 0.6) is 5.75 Å². The minimum absolute atomic E-state index is 0.396. The highest BCUT2D eigenvalue weighted by atomic mass is 16.6. The first-order valence-electron chi connectivity index (χ1n) is 7.34. The van der Waals surface area contributed by atoms with Crippen LogP contribution in [0.3, 0.4) is 0 Å². The molecule has 0 saturated heterocycles. The summed E-state index contributed by atoms with van der Waals surface area (Å²) < 4.78 is 10.7. The molecule has 1 aromatic rings. The van der Waals surface area contributed by atoms with Gasteiger partial charge in [0.15, 0.2) is 0 Å². The van der Waals surface area contributed by atoms with Crippen molar-refractivity contribution in [1.82, 2.24) is 5.32 Å². The van der Waals surface area contributed by atoms with Crippen molar-refractivity contribution in [3.05, 3.63) is 24.3 Å². The van der Waals surface area contributed by atoms with Crippen LogP contribution in [0.15, 0.2) is 24.3 Å². The molecule has 0 aliphatic carbocycles. The van der Waals surface area contributed by atoms with Gasteiger partial charge in [-0.05, 0) is 51.5 Å². The Hall–Kier alpha value is -1.91. The maximum absolute atomic E-state index is 11.4. The first-order chi connectivity index (χ1) is 9.90. The molecule has 0 aromatic heterocycles. The van der Waals surface area contributed by atoms with Crippen LogP contribution in [0.2, 0.25) is 0 Å². The zero-order valence-corrected chi connectivity index (χ0v) is 13.4. The van der Waals surface area contributed by atoms with E-state index in [2.05, 4.69) is 17.6 Å². The minimum Gasteiger partial charge on any atom is -0.494 e. The molecule has 2 N–H and O–H groups in total. The highest BCUT2D eigenvalue weighted by Crippen LogP contribution is 2.15. The van der Waals surface area contributed by atoms with E-state index in [0.29, 0.717) is 13.1 Å². The van der Waals surface area contributed by atoms with Crippen LogP contribution in [0.4, 0.5) is 10.5 Å². The fourth-order valence-electron chi connectivity index (χ4n) is 1.57. The molecule has 0 aliphatic rings. The van der Waals surface area contributed by atoms with Gasteiger partial charge in [-0.2, -0.15) is 0 Å². The van der Waals surface area contributed by atoms with E-state index < -0.39 is 11.7 Å². The van der Waals surface area contributed by atoms with Crippen molar-refractivity contribution in [2.24, 2.45) is 0 Å². The molecule has 0 radical (unpaired) electrons. The number of alkyl carbamates (subject to hydrolysis) is 1. The van der Waals surface area contributed by atoms with Crippen LogP contribution in [0, 0.1) is 0 Å². The first kappa shape index (κ1) is 17.1. The van der Waals surface area contributed by atoms with Gasteiger partial charge >= 0.3 is 6.09 Å². The lowest BCUT2D eigenvalue weighted by Gasteiger charge is -2.19. The maximum Gasteiger partial charge on any atom is 0.407 e. The number of carbonyl (C=O) groups excluding carboxylic acids is 1. The predicted molar refractivity (Wildman–Crippen MR) is 85.0 cm³/mol. The van der Waals surface area contributed by atoms with E-state index in [-0.39, 0.29) is 0 Å². The molecule has 1 rings (SSSR count). The fraction of sp³-hybridized carbons (Fsp3) is 0.562. The first-order valence-corrected chi connectivity index (χ1v) is 7.34. The summed E-state index contributed by atoms with van der Waals surface area (Å²) in [6.45, 7) is 9.46. The number of hydrogen-bond acceptors (Lipinski definition) is 4. The van der Waals surface area contributed by atoms with Crippen LogP contribution < -0.4 is 15.4 Å². The van der Waals surface area contributed by atoms with Crippen molar-refractivity contribution in [1.29, 1.82) is 0 Å². The summed E-state index contributed by atoms with van der Waals surface area (Å²) in [5.41, 5.74) is 0.524. The van der Waals surface area contributed by atoms with Crippen molar-refractivity contribution in [3.63, 3.8) is 0 Å². The third-order valence-electron chi connectivity index (χ3n) is 2.45. The van der Waals surface area contributed by atoms with Gasteiger partial charge in [0.1, 0.15) is 11.4 Å². The topological polar surface area (TPSA) is 59.6 Å². The van der Waals surface area contributed by atoms with Gasteiger partial charge in [-0.15, -0.1) is 0 Å². The van der Waals surface area contributed by atoms with Crippen molar-refractivity contribution in [3.8, 4) is 5.75 Å². The SMILES string of the molecule is CCCOc1ccc(NCCNC(=O)OC(C)(C)C)cc1. The molecule has 0 spiro atoms. The second-order valence-electron chi connectivity index (χ2n) is 5.73. The quantitative estimate of drug-likeness (QED) is 0.757. The van der Waals surface area contributed by atoms with Crippen LogP contribution in [0.1, 0.15) is 34.1 Å². The highest BCUT2D eigenvalue weighted by Gasteiger charge is 2.15. The summed E-state index contributed by atoms with van der Waals surface area (Å²) in [7, 11) is 0. The van der Waals surface area contributed by atoms with Crippen molar-refractivity contribution in [2.75, 3.05) is 25.0 Å². The summed E-state index contributed by atoms with van der Waals surface area (Å²) in [4.78, 5) is 11.4. The van der Waals surface area contributed by atoms with E-state index in [1.54, 1.807) is 0 Å². The summed E-state index contributed by atoms with van der Waals surface area (Å²) >= 11 is 0. The average Bonchev–Trinajstić information content (AvgIpc) is 2.41. The zero-order chi connectivity index (χ0) is 15.7. The highest BCUT2D eigenvalue weighted by molar-refractivity contribution is 5.67. The van der Waals surface area contributed by atoms with E-state index >= 15 is 0 Å². The second kappa shape index (κ2) is 8.39. The van der Waals surface area contributed by atoms with Crippen LogP contribution >= 0.6 is 0 Å². The molecule has 0 saturated carbocycles. The van der Waals surface area contributed by atoms with Crippen LogP contribution in [-0.2, 0) is 4.74 Å². The van der Waals surface area contributed by atoms with Gasteiger partial charge in [0.2, 0.25) is 0 Å². The Morgan fingerprint density at radius 1 is 1.14 bits per heavy atom. The Bertz CT molecular complexity index is 424. The van der Waals surface area contributed by atoms with Crippen LogP contribution in [0.25, 0.3) is 0 Å². The van der Waals surface area contributed by atoms with E-state index in [4.69, 9.17) is 9.47 Å². The van der Waals surface area contributed by atoms with Crippen molar-refractivity contribution in [2.45, 2.75) is 39.7 Å². The number of carbonyl (C=O) groups is 1. The molecular weight excluding hydrogens is 268 g/mol. The smallest absolute Gasteiger partial charge is 0.407 e. The number of anilines is 1. The standard InChI is InChI=1S/C16H26N2O3/c1-5-12-20-14-8-6-13(7-9-14)17-10-11-18-15(19)21-16(2,3)4/h6-9,17H,5,10-12H2,1-4H3,(H,18,19). The van der Waals surface area contributed by atoms with E-state index in [1.165, 1.54) is 0 Å². The Morgan fingerprint density at radius 2 is 1.81 bits per heavy atom. The van der Waals surface area contributed by atoms with Gasteiger partial charge in [-0.3, -0.25) is 0 Å². The van der Waals surface area contributed by atoms with Crippen LogP contribution in [-0.4, -0.2) is 31.4 Å². The van der Waals surface area contributed by atoms with E-state index in [9.17, 15) is 4.79 Å². The molecule has 1 amide bonds. The lowest BCUT2D eigenvalue weighted by molar-refractivity contribution is 0.0530. The maximum atomic E-state index is 11.4.